The summed E-state index contributed by atoms with van der Waals surface area (Å²) >= 11 is 0. The van der Waals surface area contributed by atoms with Gasteiger partial charge >= 0.3 is 6.03 Å². The van der Waals surface area contributed by atoms with Crippen LogP contribution in [0.2, 0.25) is 0 Å². The quantitative estimate of drug-likeness (QED) is 0.805. The van der Waals surface area contributed by atoms with Gasteiger partial charge in [0, 0.05) is 50.6 Å². The van der Waals surface area contributed by atoms with Crippen LogP contribution in [0.15, 0.2) is 36.5 Å². The number of benzene rings is 1. The van der Waals surface area contributed by atoms with Gasteiger partial charge in [-0.2, -0.15) is 0 Å². The number of pyridine rings is 1. The van der Waals surface area contributed by atoms with Crippen molar-refractivity contribution in [3.05, 3.63) is 47.7 Å². The van der Waals surface area contributed by atoms with Gasteiger partial charge in [-0.15, -0.1) is 0 Å². The Morgan fingerprint density at radius 1 is 1.08 bits per heavy atom. The lowest BCUT2D eigenvalue weighted by Crippen LogP contribution is -2.35. The molecule has 0 atom stereocenters. The fourth-order valence-electron chi connectivity index (χ4n) is 2.38. The van der Waals surface area contributed by atoms with E-state index in [0.29, 0.717) is 24.6 Å². The second-order valence-corrected chi connectivity index (χ2v) is 5.59. The highest BCUT2D eigenvalue weighted by Gasteiger charge is 2.09. The van der Waals surface area contributed by atoms with Gasteiger partial charge in [0.05, 0.1) is 14.2 Å². The molecule has 0 unspecified atom stereocenters. The Kier molecular flexibility index (Phi) is 6.45. The molecule has 134 valence electrons. The lowest BCUT2D eigenvalue weighted by molar-refractivity contribution is 0.240. The second kappa shape index (κ2) is 8.77. The topological polar surface area (TPSA) is 75.7 Å². The maximum Gasteiger partial charge on any atom is 0.315 e. The molecule has 2 aromatic rings. The lowest BCUT2D eigenvalue weighted by atomic mass is 10.2. The molecule has 0 aliphatic rings. The summed E-state index contributed by atoms with van der Waals surface area (Å²) in [4.78, 5) is 18.3. The van der Waals surface area contributed by atoms with Crippen LogP contribution in [-0.2, 0) is 13.1 Å². The third-order valence-electron chi connectivity index (χ3n) is 3.66. The molecule has 0 saturated heterocycles. The van der Waals surface area contributed by atoms with E-state index >= 15 is 0 Å². The van der Waals surface area contributed by atoms with Crippen LogP contribution in [0, 0.1) is 0 Å². The molecule has 0 saturated carbocycles. The van der Waals surface area contributed by atoms with E-state index in [-0.39, 0.29) is 6.03 Å². The van der Waals surface area contributed by atoms with Gasteiger partial charge in [0.25, 0.3) is 0 Å². The van der Waals surface area contributed by atoms with Crippen molar-refractivity contribution in [3.63, 3.8) is 0 Å². The Labute approximate surface area is 148 Å². The van der Waals surface area contributed by atoms with Gasteiger partial charge in [0.15, 0.2) is 0 Å². The number of anilines is 1. The minimum absolute atomic E-state index is 0.258. The van der Waals surface area contributed by atoms with Crippen LogP contribution in [0.4, 0.5) is 10.6 Å². The molecule has 0 aliphatic carbocycles. The molecule has 7 nitrogen and oxygen atoms in total. The van der Waals surface area contributed by atoms with E-state index in [1.165, 1.54) is 0 Å². The third kappa shape index (κ3) is 5.00. The number of nitrogens with zero attached hydrogens (tertiary/aromatic N) is 2. The van der Waals surface area contributed by atoms with Crippen molar-refractivity contribution in [2.45, 2.75) is 13.1 Å². The summed E-state index contributed by atoms with van der Waals surface area (Å²) in [6.07, 6.45) is 1.73. The average molecular weight is 344 g/mol. The van der Waals surface area contributed by atoms with Crippen LogP contribution >= 0.6 is 0 Å². The second-order valence-electron chi connectivity index (χ2n) is 5.59. The number of carbonyl (C=O) groups excluding carboxylic acids is 1. The normalized spacial score (nSPS) is 10.1. The largest absolute Gasteiger partial charge is 0.497 e. The van der Waals surface area contributed by atoms with Crippen molar-refractivity contribution in [3.8, 4) is 11.5 Å². The van der Waals surface area contributed by atoms with Gasteiger partial charge in [-0.25, -0.2) is 9.78 Å². The maximum atomic E-state index is 12.1. The number of rotatable bonds is 7. The molecule has 2 rings (SSSR count). The fraction of sp³-hybridized carbons (Fsp3) is 0.333. The molecule has 1 heterocycles. The Morgan fingerprint density at radius 2 is 1.80 bits per heavy atom. The van der Waals surface area contributed by atoms with Crippen LogP contribution in [-0.4, -0.2) is 39.3 Å². The summed E-state index contributed by atoms with van der Waals surface area (Å²) in [5.74, 6) is 2.21. The summed E-state index contributed by atoms with van der Waals surface area (Å²) in [5, 5.41) is 5.67. The number of nitrogens with one attached hydrogen (secondary N) is 2. The number of urea groups is 1. The van der Waals surface area contributed by atoms with E-state index in [4.69, 9.17) is 9.47 Å². The highest BCUT2D eigenvalue weighted by molar-refractivity contribution is 5.74. The van der Waals surface area contributed by atoms with Crippen molar-refractivity contribution in [1.29, 1.82) is 0 Å². The molecule has 0 fully saturated rings. The van der Waals surface area contributed by atoms with Crippen LogP contribution in [0.3, 0.4) is 0 Å². The monoisotopic (exact) mass is 344 g/mol. The molecule has 0 spiro atoms. The first-order valence-electron chi connectivity index (χ1n) is 7.89. The molecule has 2 N–H and O–H groups in total. The minimum Gasteiger partial charge on any atom is -0.497 e. The van der Waals surface area contributed by atoms with E-state index in [0.717, 1.165) is 16.9 Å². The summed E-state index contributed by atoms with van der Waals surface area (Å²) in [6.45, 7) is 0.750. The number of ether oxygens (including phenoxy) is 2. The highest BCUT2D eigenvalue weighted by Crippen LogP contribution is 2.24. The highest BCUT2D eigenvalue weighted by atomic mass is 16.5. The van der Waals surface area contributed by atoms with Crippen molar-refractivity contribution >= 4 is 11.8 Å². The Balaban J connectivity index is 1.91. The van der Waals surface area contributed by atoms with Gasteiger partial charge in [-0.1, -0.05) is 6.07 Å². The van der Waals surface area contributed by atoms with E-state index in [1.54, 1.807) is 26.5 Å². The van der Waals surface area contributed by atoms with E-state index in [9.17, 15) is 4.79 Å². The zero-order chi connectivity index (χ0) is 18.2. The molecular formula is C18H24N4O3. The van der Waals surface area contributed by atoms with E-state index < -0.39 is 0 Å². The predicted molar refractivity (Wildman–Crippen MR) is 97.2 cm³/mol. The molecule has 0 radical (unpaired) electrons. The van der Waals surface area contributed by atoms with Gasteiger partial charge in [0.1, 0.15) is 17.3 Å². The zero-order valence-electron chi connectivity index (χ0n) is 15.0. The lowest BCUT2D eigenvalue weighted by Gasteiger charge is -2.16. The van der Waals surface area contributed by atoms with Crippen molar-refractivity contribution in [1.82, 2.24) is 15.6 Å². The summed E-state index contributed by atoms with van der Waals surface area (Å²) in [6, 6.07) is 9.01. The molecular weight excluding hydrogens is 320 g/mol. The van der Waals surface area contributed by atoms with Crippen molar-refractivity contribution in [2.24, 2.45) is 0 Å². The first-order chi connectivity index (χ1) is 12.0. The SMILES string of the molecule is COc1ccc(CNC(=O)NCc2cccnc2N(C)C)c(OC)c1. The van der Waals surface area contributed by atoms with Gasteiger partial charge in [-0.05, 0) is 18.2 Å². The number of carbonyl (C=O) groups is 1. The maximum absolute atomic E-state index is 12.1. The van der Waals surface area contributed by atoms with Gasteiger partial charge in [-0.3, -0.25) is 0 Å². The number of amides is 2. The molecule has 0 aliphatic heterocycles. The van der Waals surface area contributed by atoms with Crippen LogP contribution in [0.1, 0.15) is 11.1 Å². The standard InChI is InChI=1S/C18H24N4O3/c1-22(2)17-14(6-5-9-19-17)12-21-18(23)20-11-13-7-8-15(24-3)10-16(13)25-4/h5-10H,11-12H2,1-4H3,(H2,20,21,23). The minimum atomic E-state index is -0.258. The average Bonchev–Trinajstić information content (AvgIpc) is 2.64. The van der Waals surface area contributed by atoms with Crippen LogP contribution in [0.25, 0.3) is 0 Å². The van der Waals surface area contributed by atoms with E-state index in [1.807, 2.05) is 43.3 Å². The third-order valence-corrected chi connectivity index (χ3v) is 3.66. The molecule has 1 aromatic heterocycles. The van der Waals surface area contributed by atoms with Crippen LogP contribution < -0.4 is 25.0 Å². The van der Waals surface area contributed by atoms with Crippen LogP contribution in [0.5, 0.6) is 11.5 Å². The molecule has 0 bridgehead atoms. The van der Waals surface area contributed by atoms with Gasteiger partial charge < -0.3 is 25.0 Å². The smallest absolute Gasteiger partial charge is 0.315 e. The number of hydrogen-bond acceptors (Lipinski definition) is 5. The predicted octanol–water partition coefficient (Wildman–Crippen LogP) is 2.16. The van der Waals surface area contributed by atoms with Crippen molar-refractivity contribution < 1.29 is 14.3 Å². The first kappa shape index (κ1) is 18.4. The number of aromatic nitrogens is 1. The van der Waals surface area contributed by atoms with Crippen molar-refractivity contribution in [2.75, 3.05) is 33.2 Å². The summed E-state index contributed by atoms with van der Waals surface area (Å²) in [7, 11) is 7.02. The molecule has 1 aromatic carbocycles. The van der Waals surface area contributed by atoms with E-state index in [2.05, 4.69) is 15.6 Å². The molecule has 2 amide bonds. The Morgan fingerprint density at radius 3 is 2.44 bits per heavy atom. The number of hydrogen-bond donors (Lipinski definition) is 2. The number of methoxy groups -OCH3 is 2. The Bertz CT molecular complexity index is 719. The molecule has 25 heavy (non-hydrogen) atoms. The fourth-order valence-corrected chi connectivity index (χ4v) is 2.38. The summed E-state index contributed by atoms with van der Waals surface area (Å²) < 4.78 is 10.5. The summed E-state index contributed by atoms with van der Waals surface area (Å²) in [5.41, 5.74) is 1.82. The molecule has 7 heteroatoms. The Hall–Kier alpha value is -2.96. The van der Waals surface area contributed by atoms with Gasteiger partial charge in [0.2, 0.25) is 0 Å². The first-order valence-corrected chi connectivity index (χ1v) is 7.89. The zero-order valence-corrected chi connectivity index (χ0v) is 15.0.